The fourth-order valence-corrected chi connectivity index (χ4v) is 5.32. The number of anilines is 1. The molecule has 0 radical (unpaired) electrons. The first kappa shape index (κ1) is 24.3. The maximum atomic E-state index is 13.0. The minimum absolute atomic E-state index is 0.347. The molecule has 0 spiro atoms. The number of ether oxygens (including phenoxy) is 3. The van der Waals surface area contributed by atoms with Gasteiger partial charge >= 0.3 is 12.1 Å². The molecule has 9 heteroatoms. The van der Waals surface area contributed by atoms with Crippen molar-refractivity contribution < 1.29 is 23.8 Å². The molecular weight excluding hydrogens is 484 g/mol. The lowest BCUT2D eigenvalue weighted by Crippen LogP contribution is -2.40. The second kappa shape index (κ2) is 8.79. The summed E-state index contributed by atoms with van der Waals surface area (Å²) in [6, 6.07) is 11.6. The first-order valence-electron chi connectivity index (χ1n) is 13.0. The summed E-state index contributed by atoms with van der Waals surface area (Å²) in [4.78, 5) is 32.2. The minimum Gasteiger partial charge on any atom is -0.494 e. The summed E-state index contributed by atoms with van der Waals surface area (Å²) >= 11 is 0. The molecule has 2 aliphatic rings. The Balaban J connectivity index is 1.54. The van der Waals surface area contributed by atoms with Gasteiger partial charge in [-0.3, -0.25) is 4.90 Å². The predicted molar refractivity (Wildman–Crippen MR) is 145 cm³/mol. The van der Waals surface area contributed by atoms with Crippen LogP contribution in [-0.2, 0) is 22.6 Å². The first-order valence-corrected chi connectivity index (χ1v) is 13.0. The number of aromatic nitrogens is 3. The van der Waals surface area contributed by atoms with E-state index < -0.39 is 11.6 Å². The third-order valence-electron chi connectivity index (χ3n) is 7.17. The van der Waals surface area contributed by atoms with E-state index in [1.54, 1.807) is 24.1 Å². The monoisotopic (exact) mass is 516 g/mol. The maximum Gasteiger partial charge on any atom is 0.414 e. The Labute approximate surface area is 220 Å². The third kappa shape index (κ3) is 4.06. The number of rotatable bonds is 5. The van der Waals surface area contributed by atoms with Gasteiger partial charge in [0.2, 0.25) is 0 Å². The van der Waals surface area contributed by atoms with Gasteiger partial charge in [0.15, 0.2) is 5.82 Å². The van der Waals surface area contributed by atoms with E-state index in [9.17, 15) is 9.59 Å². The van der Waals surface area contributed by atoms with Crippen molar-refractivity contribution in [1.29, 1.82) is 0 Å². The number of esters is 1. The molecule has 0 N–H and O–H groups in total. The molecule has 0 unspecified atom stereocenters. The van der Waals surface area contributed by atoms with E-state index >= 15 is 0 Å². The molecule has 4 aromatic rings. The molecule has 0 atom stereocenters. The van der Waals surface area contributed by atoms with Gasteiger partial charge in [-0.25, -0.2) is 14.6 Å². The smallest absolute Gasteiger partial charge is 0.414 e. The van der Waals surface area contributed by atoms with E-state index in [-0.39, 0.29) is 6.09 Å². The Morgan fingerprint density at radius 3 is 2.53 bits per heavy atom. The molecule has 38 heavy (non-hydrogen) atoms. The summed E-state index contributed by atoms with van der Waals surface area (Å²) in [6.45, 7) is 7.53. The van der Waals surface area contributed by atoms with E-state index in [0.717, 1.165) is 40.2 Å². The van der Waals surface area contributed by atoms with Crippen molar-refractivity contribution in [3.05, 3.63) is 42.0 Å². The van der Waals surface area contributed by atoms with Crippen molar-refractivity contribution in [1.82, 2.24) is 14.1 Å². The molecule has 1 amide bonds. The lowest BCUT2D eigenvalue weighted by atomic mass is 10.2. The van der Waals surface area contributed by atoms with Crippen LogP contribution in [0, 0.1) is 5.92 Å². The second-order valence-electron chi connectivity index (χ2n) is 11.1. The maximum absolute atomic E-state index is 13.0. The van der Waals surface area contributed by atoms with Gasteiger partial charge in [0, 0.05) is 25.0 Å². The highest BCUT2D eigenvalue weighted by Crippen LogP contribution is 2.41. The van der Waals surface area contributed by atoms with Gasteiger partial charge in [0.05, 0.1) is 42.2 Å². The van der Waals surface area contributed by atoms with Gasteiger partial charge in [0.1, 0.15) is 16.9 Å². The Morgan fingerprint density at radius 1 is 1.05 bits per heavy atom. The highest BCUT2D eigenvalue weighted by Gasteiger charge is 2.32. The molecule has 1 aliphatic carbocycles. The number of benzene rings is 2. The van der Waals surface area contributed by atoms with Crippen LogP contribution in [0.4, 0.5) is 10.5 Å². The highest BCUT2D eigenvalue weighted by molar-refractivity contribution is 6.03. The van der Waals surface area contributed by atoms with Crippen molar-refractivity contribution in [3.8, 4) is 17.3 Å². The van der Waals surface area contributed by atoms with E-state index in [2.05, 4.69) is 21.3 Å². The van der Waals surface area contributed by atoms with Crippen LogP contribution in [-0.4, -0.2) is 52.5 Å². The number of fused-ring (bicyclic) bond motifs is 1. The molecule has 3 heterocycles. The number of nitrogens with zero attached hydrogens (tertiary/aromatic N) is 4. The molecular formula is C29H32N4O5. The van der Waals surface area contributed by atoms with Crippen LogP contribution in [0.5, 0.6) is 5.75 Å². The van der Waals surface area contributed by atoms with E-state index in [4.69, 9.17) is 19.2 Å². The second-order valence-corrected chi connectivity index (χ2v) is 11.1. The zero-order valence-electron chi connectivity index (χ0n) is 22.4. The average molecular weight is 517 g/mol. The average Bonchev–Trinajstić information content (AvgIpc) is 3.53. The van der Waals surface area contributed by atoms with Crippen LogP contribution in [0.2, 0.25) is 0 Å². The predicted octanol–water partition coefficient (Wildman–Crippen LogP) is 5.62. The summed E-state index contributed by atoms with van der Waals surface area (Å²) in [5.41, 5.74) is 4.14. The number of amides is 1. The highest BCUT2D eigenvalue weighted by atomic mass is 16.6. The Hall–Kier alpha value is -4.01. The van der Waals surface area contributed by atoms with Crippen molar-refractivity contribution >= 4 is 39.7 Å². The number of imidazole rings is 1. The van der Waals surface area contributed by atoms with Crippen LogP contribution in [0.25, 0.3) is 33.5 Å². The van der Waals surface area contributed by atoms with Crippen LogP contribution < -0.4 is 9.64 Å². The van der Waals surface area contributed by atoms with E-state index in [1.165, 1.54) is 20.0 Å². The lowest BCUT2D eigenvalue weighted by molar-refractivity contribution is 0.0574. The number of carbonyl (C=O) groups excluding carboxylic acids is 2. The van der Waals surface area contributed by atoms with E-state index in [1.807, 2.05) is 32.9 Å². The van der Waals surface area contributed by atoms with Gasteiger partial charge in [-0.1, -0.05) is 12.1 Å². The van der Waals surface area contributed by atoms with Crippen LogP contribution >= 0.6 is 0 Å². The van der Waals surface area contributed by atoms with Crippen molar-refractivity contribution in [2.75, 3.05) is 25.7 Å². The zero-order valence-corrected chi connectivity index (χ0v) is 22.4. The molecule has 1 fully saturated rings. The summed E-state index contributed by atoms with van der Waals surface area (Å²) in [5, 5.41) is 1.03. The quantitative estimate of drug-likeness (QED) is 0.320. The van der Waals surface area contributed by atoms with Crippen LogP contribution in [0.3, 0.4) is 0 Å². The number of carbonyl (C=O) groups is 2. The third-order valence-corrected chi connectivity index (χ3v) is 7.17. The van der Waals surface area contributed by atoms with Crippen molar-refractivity contribution in [3.63, 3.8) is 0 Å². The molecule has 1 saturated carbocycles. The SMILES string of the molecule is COC(=O)c1cc(OC)c2c(c1)nc(-c1cc3cccc4c3n1CCN4C(=O)OC(C)(C)C)n2CC1CC1. The molecule has 6 rings (SSSR count). The fraction of sp³-hybridized carbons (Fsp3) is 0.414. The van der Waals surface area contributed by atoms with Gasteiger partial charge in [-0.05, 0) is 63.8 Å². The molecule has 198 valence electrons. The zero-order chi connectivity index (χ0) is 26.8. The Bertz CT molecular complexity index is 1590. The molecule has 9 nitrogen and oxygen atoms in total. The number of methoxy groups -OCH3 is 2. The standard InChI is InChI=1S/C29H32N4O5/c1-29(2,3)38-28(35)32-12-11-31-22(14-18-7-6-8-21(32)24(18)31)26-30-20-13-19(27(34)37-5)15-23(36-4)25(20)33(26)16-17-9-10-17/h6-8,13-15,17H,9-12,16H2,1-5H3. The number of para-hydroxylation sites is 1. The molecule has 2 aromatic heterocycles. The summed E-state index contributed by atoms with van der Waals surface area (Å²) in [7, 11) is 2.97. The van der Waals surface area contributed by atoms with Crippen molar-refractivity contribution in [2.45, 2.75) is 52.3 Å². The normalized spacial score (nSPS) is 15.2. The van der Waals surface area contributed by atoms with Gasteiger partial charge in [-0.2, -0.15) is 0 Å². The van der Waals surface area contributed by atoms with Gasteiger partial charge in [0.25, 0.3) is 0 Å². The van der Waals surface area contributed by atoms with E-state index in [0.29, 0.717) is 35.8 Å². The number of hydrogen-bond acceptors (Lipinski definition) is 6. The van der Waals surface area contributed by atoms with Crippen LogP contribution in [0.1, 0.15) is 44.0 Å². The molecule has 0 saturated heterocycles. The largest absolute Gasteiger partial charge is 0.494 e. The summed E-state index contributed by atoms with van der Waals surface area (Å²) in [5.74, 6) is 1.56. The summed E-state index contributed by atoms with van der Waals surface area (Å²) < 4.78 is 20.9. The molecule has 2 aromatic carbocycles. The van der Waals surface area contributed by atoms with Gasteiger partial charge in [-0.15, -0.1) is 0 Å². The van der Waals surface area contributed by atoms with Gasteiger partial charge < -0.3 is 23.3 Å². The topological polar surface area (TPSA) is 87.8 Å². The lowest BCUT2D eigenvalue weighted by Gasteiger charge is -2.31. The van der Waals surface area contributed by atoms with Crippen LogP contribution in [0.15, 0.2) is 36.4 Å². The molecule has 0 bridgehead atoms. The van der Waals surface area contributed by atoms with Crippen molar-refractivity contribution in [2.24, 2.45) is 5.92 Å². The summed E-state index contributed by atoms with van der Waals surface area (Å²) in [6.07, 6.45) is 2.01. The Kier molecular flexibility index (Phi) is 5.63. The number of hydrogen-bond donors (Lipinski definition) is 0. The Morgan fingerprint density at radius 2 is 1.84 bits per heavy atom. The fourth-order valence-electron chi connectivity index (χ4n) is 5.32. The minimum atomic E-state index is -0.578. The molecule has 1 aliphatic heterocycles. The first-order chi connectivity index (χ1) is 18.2.